The Morgan fingerprint density at radius 3 is 2.79 bits per heavy atom. The van der Waals surface area contributed by atoms with Crippen LogP contribution in [0.1, 0.15) is 12.6 Å². The quantitative estimate of drug-likeness (QED) is 0.629. The molecular weight excluding hydrogens is 276 g/mol. The van der Waals surface area contributed by atoms with Gasteiger partial charge in [0.25, 0.3) is 5.56 Å². The van der Waals surface area contributed by atoms with E-state index in [0.29, 0.717) is 5.25 Å². The van der Waals surface area contributed by atoms with Crippen LogP contribution in [0.4, 0.5) is 0 Å². The second-order valence-corrected chi connectivity index (χ2v) is 6.71. The van der Waals surface area contributed by atoms with E-state index in [0.717, 1.165) is 27.9 Å². The molecule has 19 heavy (non-hydrogen) atoms. The molecule has 0 N–H and O–H groups in total. The lowest BCUT2D eigenvalue weighted by Crippen LogP contribution is -2.23. The van der Waals surface area contributed by atoms with Crippen molar-refractivity contribution in [1.29, 1.82) is 0 Å². The normalized spacial score (nSPS) is 17.5. The van der Waals surface area contributed by atoms with Crippen molar-refractivity contribution < 1.29 is 0 Å². The minimum atomic E-state index is 0.0647. The van der Waals surface area contributed by atoms with E-state index >= 15 is 0 Å². The van der Waals surface area contributed by atoms with Gasteiger partial charge in [-0.1, -0.05) is 36.9 Å². The minimum Gasteiger partial charge on any atom is -0.268 e. The molecule has 0 radical (unpaired) electrons. The summed E-state index contributed by atoms with van der Waals surface area (Å²) < 4.78 is 1.72. The van der Waals surface area contributed by atoms with E-state index in [1.54, 1.807) is 16.3 Å². The lowest BCUT2D eigenvalue weighted by molar-refractivity contribution is 0.732. The number of thioether (sulfide) groups is 2. The molecule has 0 amide bonds. The maximum atomic E-state index is 12.7. The first-order chi connectivity index (χ1) is 9.20. The van der Waals surface area contributed by atoms with Gasteiger partial charge in [-0.2, -0.15) is 0 Å². The largest absolute Gasteiger partial charge is 0.272 e. The molecule has 0 saturated heterocycles. The topological polar surface area (TPSA) is 34.9 Å². The van der Waals surface area contributed by atoms with Gasteiger partial charge in [0.2, 0.25) is 0 Å². The highest BCUT2D eigenvalue weighted by Gasteiger charge is 2.26. The van der Waals surface area contributed by atoms with Crippen LogP contribution in [0.25, 0.3) is 5.69 Å². The standard InChI is InChI=1S/C14H14N2OS2/c1-9-8-11-12(19-9)13(17)16(14(15-11)18-2)10-6-4-3-5-7-10/h3-7,9H,8H2,1-2H3/t9-/m0/s1. The number of para-hydroxylation sites is 1. The Bertz CT molecular complexity index is 667. The van der Waals surface area contributed by atoms with E-state index in [1.807, 2.05) is 36.6 Å². The Morgan fingerprint density at radius 1 is 1.37 bits per heavy atom. The Morgan fingerprint density at radius 2 is 2.11 bits per heavy atom. The van der Waals surface area contributed by atoms with Crippen LogP contribution in [-0.2, 0) is 6.42 Å². The maximum absolute atomic E-state index is 12.7. The van der Waals surface area contributed by atoms with Crippen molar-refractivity contribution >= 4 is 23.5 Å². The number of nitrogens with zero attached hydrogens (tertiary/aromatic N) is 2. The van der Waals surface area contributed by atoms with Crippen molar-refractivity contribution in [3.8, 4) is 5.69 Å². The van der Waals surface area contributed by atoms with Crippen molar-refractivity contribution in [2.45, 2.75) is 28.6 Å². The van der Waals surface area contributed by atoms with Crippen molar-refractivity contribution in [3.05, 3.63) is 46.4 Å². The van der Waals surface area contributed by atoms with Crippen LogP contribution in [-0.4, -0.2) is 21.1 Å². The van der Waals surface area contributed by atoms with Crippen LogP contribution in [0, 0.1) is 0 Å². The summed E-state index contributed by atoms with van der Waals surface area (Å²) in [6, 6.07) is 9.71. The fraction of sp³-hybridized carbons (Fsp3) is 0.286. The Balaban J connectivity index is 2.26. The van der Waals surface area contributed by atoms with Crippen LogP contribution in [0.15, 0.2) is 45.2 Å². The molecule has 0 bridgehead atoms. The summed E-state index contributed by atoms with van der Waals surface area (Å²) in [5.41, 5.74) is 1.90. The van der Waals surface area contributed by atoms with Gasteiger partial charge in [-0.15, -0.1) is 11.8 Å². The highest BCUT2D eigenvalue weighted by atomic mass is 32.2. The van der Waals surface area contributed by atoms with Crippen LogP contribution in [0.3, 0.4) is 0 Å². The third kappa shape index (κ3) is 2.21. The smallest absolute Gasteiger partial charge is 0.268 e. The maximum Gasteiger partial charge on any atom is 0.272 e. The van der Waals surface area contributed by atoms with Gasteiger partial charge in [0, 0.05) is 11.7 Å². The molecule has 0 saturated carbocycles. The number of hydrogen-bond acceptors (Lipinski definition) is 4. The molecule has 0 fully saturated rings. The van der Waals surface area contributed by atoms with Crippen LogP contribution < -0.4 is 5.56 Å². The number of benzene rings is 1. The summed E-state index contributed by atoms with van der Waals surface area (Å²) in [7, 11) is 0. The van der Waals surface area contributed by atoms with Crippen molar-refractivity contribution in [3.63, 3.8) is 0 Å². The van der Waals surface area contributed by atoms with Gasteiger partial charge in [0.15, 0.2) is 5.16 Å². The van der Waals surface area contributed by atoms with Gasteiger partial charge in [-0.25, -0.2) is 4.98 Å². The fourth-order valence-corrected chi connectivity index (χ4v) is 3.91. The van der Waals surface area contributed by atoms with Crippen molar-refractivity contribution in [2.75, 3.05) is 6.26 Å². The molecule has 2 heterocycles. The minimum absolute atomic E-state index is 0.0647. The van der Waals surface area contributed by atoms with Gasteiger partial charge in [-0.3, -0.25) is 9.36 Å². The number of aromatic nitrogens is 2. The first kappa shape index (κ1) is 12.8. The van der Waals surface area contributed by atoms with Crippen LogP contribution >= 0.6 is 23.5 Å². The molecular formula is C14H14N2OS2. The molecule has 0 unspecified atom stereocenters. The summed E-state index contributed by atoms with van der Waals surface area (Å²) >= 11 is 3.15. The molecule has 3 nitrogen and oxygen atoms in total. The second kappa shape index (κ2) is 5.06. The molecule has 1 aliphatic rings. The van der Waals surface area contributed by atoms with Gasteiger partial charge in [-0.05, 0) is 18.4 Å². The number of hydrogen-bond donors (Lipinski definition) is 0. The average molecular weight is 290 g/mol. The second-order valence-electron chi connectivity index (χ2n) is 4.48. The Kier molecular flexibility index (Phi) is 3.41. The van der Waals surface area contributed by atoms with Gasteiger partial charge in [0.1, 0.15) is 0 Å². The Labute approximate surface area is 120 Å². The molecule has 5 heteroatoms. The fourth-order valence-electron chi connectivity index (χ4n) is 2.24. The van der Waals surface area contributed by atoms with Gasteiger partial charge < -0.3 is 0 Å². The first-order valence-corrected chi connectivity index (χ1v) is 8.23. The van der Waals surface area contributed by atoms with E-state index in [2.05, 4.69) is 11.9 Å². The van der Waals surface area contributed by atoms with E-state index < -0.39 is 0 Å². The average Bonchev–Trinajstić information content (AvgIpc) is 2.80. The molecule has 1 aromatic heterocycles. The SMILES string of the molecule is CSc1nc2c(c(=O)n1-c1ccccc1)S[C@@H](C)C2. The lowest BCUT2D eigenvalue weighted by Gasteiger charge is -2.11. The van der Waals surface area contributed by atoms with Gasteiger partial charge >= 0.3 is 0 Å². The zero-order valence-corrected chi connectivity index (χ0v) is 12.4. The molecule has 3 rings (SSSR count). The number of rotatable bonds is 2. The predicted octanol–water partition coefficient (Wildman–Crippen LogP) is 2.99. The zero-order chi connectivity index (χ0) is 13.4. The zero-order valence-electron chi connectivity index (χ0n) is 10.8. The molecule has 1 atom stereocenters. The van der Waals surface area contributed by atoms with E-state index in [-0.39, 0.29) is 5.56 Å². The Hall–Kier alpha value is -1.20. The molecule has 2 aromatic rings. The third-order valence-electron chi connectivity index (χ3n) is 3.08. The van der Waals surface area contributed by atoms with Gasteiger partial charge in [0.05, 0.1) is 16.3 Å². The summed E-state index contributed by atoms with van der Waals surface area (Å²) in [4.78, 5) is 18.2. The summed E-state index contributed by atoms with van der Waals surface area (Å²) in [6.45, 7) is 2.14. The van der Waals surface area contributed by atoms with E-state index in [9.17, 15) is 4.79 Å². The molecule has 98 valence electrons. The molecule has 1 aliphatic heterocycles. The first-order valence-electron chi connectivity index (χ1n) is 6.12. The molecule has 1 aromatic carbocycles. The molecule has 0 spiro atoms. The monoisotopic (exact) mass is 290 g/mol. The van der Waals surface area contributed by atoms with E-state index in [4.69, 9.17) is 0 Å². The lowest BCUT2D eigenvalue weighted by atomic mass is 10.2. The van der Waals surface area contributed by atoms with Crippen molar-refractivity contribution in [1.82, 2.24) is 9.55 Å². The van der Waals surface area contributed by atoms with E-state index in [1.165, 1.54) is 11.8 Å². The summed E-state index contributed by atoms with van der Waals surface area (Å²) in [5.74, 6) is 0. The third-order valence-corrected chi connectivity index (χ3v) is 4.93. The predicted molar refractivity (Wildman–Crippen MR) is 80.6 cm³/mol. The van der Waals surface area contributed by atoms with Crippen LogP contribution in [0.2, 0.25) is 0 Å². The summed E-state index contributed by atoms with van der Waals surface area (Å²) in [5, 5.41) is 1.21. The highest BCUT2D eigenvalue weighted by molar-refractivity contribution is 8.00. The van der Waals surface area contributed by atoms with Crippen LogP contribution in [0.5, 0.6) is 0 Å². The number of fused-ring (bicyclic) bond motifs is 1. The van der Waals surface area contributed by atoms with Crippen molar-refractivity contribution in [2.24, 2.45) is 0 Å². The summed E-state index contributed by atoms with van der Waals surface area (Å²) in [6.07, 6.45) is 2.84. The highest BCUT2D eigenvalue weighted by Crippen LogP contribution is 2.34. The molecule has 0 aliphatic carbocycles.